The monoisotopic (exact) mass is 237 g/mol. The average Bonchev–Trinajstić information content (AvgIpc) is 2.39. The van der Waals surface area contributed by atoms with Crippen molar-refractivity contribution < 1.29 is 14.8 Å². The van der Waals surface area contributed by atoms with Crippen molar-refractivity contribution in [2.45, 2.75) is 24.9 Å². The fourth-order valence-corrected chi connectivity index (χ4v) is 2.11. The van der Waals surface area contributed by atoms with Crippen molar-refractivity contribution in [2.75, 3.05) is 13.2 Å². The number of non-ortho nitro benzene ring substituents is 1. The van der Waals surface area contributed by atoms with E-state index in [-0.39, 0.29) is 29.2 Å². The van der Waals surface area contributed by atoms with Crippen LogP contribution in [0.5, 0.6) is 0 Å². The fraction of sp³-hybridized carbons (Fsp3) is 0.500. The van der Waals surface area contributed by atoms with Gasteiger partial charge in [-0.1, -0.05) is 12.1 Å². The zero-order valence-electron chi connectivity index (χ0n) is 9.41. The lowest BCUT2D eigenvalue weighted by atomic mass is 9.91. The van der Waals surface area contributed by atoms with Gasteiger partial charge in [-0.2, -0.15) is 0 Å². The second-order valence-corrected chi connectivity index (χ2v) is 4.26. The first-order valence-electron chi connectivity index (χ1n) is 5.67. The number of ether oxygens (including phenoxy) is 1. The first kappa shape index (κ1) is 12.0. The SMILES string of the molecule is O=[N+]([O-])c1cccc(C2CCC(CO)OC2)c1. The molecule has 5 heteroatoms. The number of hydrogen-bond donors (Lipinski definition) is 1. The van der Waals surface area contributed by atoms with Gasteiger partial charge >= 0.3 is 0 Å². The van der Waals surface area contributed by atoms with Crippen molar-refractivity contribution in [3.63, 3.8) is 0 Å². The van der Waals surface area contributed by atoms with Crippen LogP contribution in [0.4, 0.5) is 5.69 Å². The molecule has 0 amide bonds. The Morgan fingerprint density at radius 3 is 2.88 bits per heavy atom. The minimum Gasteiger partial charge on any atom is -0.394 e. The number of hydrogen-bond acceptors (Lipinski definition) is 4. The lowest BCUT2D eigenvalue weighted by molar-refractivity contribution is -0.384. The quantitative estimate of drug-likeness (QED) is 0.643. The third kappa shape index (κ3) is 2.81. The lowest BCUT2D eigenvalue weighted by Crippen LogP contribution is -2.27. The number of aliphatic hydroxyl groups excluding tert-OH is 1. The van der Waals surface area contributed by atoms with Crippen LogP contribution in [0.3, 0.4) is 0 Å². The maximum atomic E-state index is 10.7. The van der Waals surface area contributed by atoms with Crippen LogP contribution in [0.1, 0.15) is 24.3 Å². The Balaban J connectivity index is 2.08. The predicted molar refractivity (Wildman–Crippen MR) is 61.9 cm³/mol. The van der Waals surface area contributed by atoms with Crippen LogP contribution in [0.15, 0.2) is 24.3 Å². The molecule has 0 aliphatic carbocycles. The molecule has 1 aromatic rings. The van der Waals surface area contributed by atoms with Crippen LogP contribution in [-0.2, 0) is 4.74 Å². The topological polar surface area (TPSA) is 72.6 Å². The Morgan fingerprint density at radius 1 is 1.47 bits per heavy atom. The van der Waals surface area contributed by atoms with Gasteiger partial charge in [0.25, 0.3) is 5.69 Å². The summed E-state index contributed by atoms with van der Waals surface area (Å²) in [5.41, 5.74) is 1.06. The van der Waals surface area contributed by atoms with Crippen LogP contribution in [-0.4, -0.2) is 29.3 Å². The Kier molecular flexibility index (Phi) is 3.71. The van der Waals surface area contributed by atoms with E-state index >= 15 is 0 Å². The minimum atomic E-state index is -0.385. The lowest BCUT2D eigenvalue weighted by Gasteiger charge is -2.28. The van der Waals surface area contributed by atoms with Crippen molar-refractivity contribution in [3.8, 4) is 0 Å². The van der Waals surface area contributed by atoms with Gasteiger partial charge in [0.05, 0.1) is 24.2 Å². The van der Waals surface area contributed by atoms with Crippen LogP contribution in [0.2, 0.25) is 0 Å². The summed E-state index contributed by atoms with van der Waals surface area (Å²) >= 11 is 0. The molecule has 0 radical (unpaired) electrons. The smallest absolute Gasteiger partial charge is 0.269 e. The highest BCUT2D eigenvalue weighted by atomic mass is 16.6. The highest BCUT2D eigenvalue weighted by Crippen LogP contribution is 2.29. The minimum absolute atomic E-state index is 0.0433. The van der Waals surface area contributed by atoms with Gasteiger partial charge in [-0.25, -0.2) is 0 Å². The van der Waals surface area contributed by atoms with Crippen molar-refractivity contribution in [1.82, 2.24) is 0 Å². The van der Waals surface area contributed by atoms with Gasteiger partial charge in [0.15, 0.2) is 0 Å². The van der Waals surface area contributed by atoms with Gasteiger partial charge in [0.2, 0.25) is 0 Å². The van der Waals surface area contributed by atoms with Crippen molar-refractivity contribution in [3.05, 3.63) is 39.9 Å². The van der Waals surface area contributed by atoms with E-state index in [0.717, 1.165) is 18.4 Å². The Bertz CT molecular complexity index is 399. The molecule has 2 unspecified atom stereocenters. The zero-order chi connectivity index (χ0) is 12.3. The molecule has 1 fully saturated rings. The molecular formula is C12H15NO4. The van der Waals surface area contributed by atoms with Gasteiger partial charge in [-0.05, 0) is 18.4 Å². The fourth-order valence-electron chi connectivity index (χ4n) is 2.11. The number of rotatable bonds is 3. The molecule has 92 valence electrons. The number of aliphatic hydroxyl groups is 1. The summed E-state index contributed by atoms with van der Waals surface area (Å²) in [7, 11) is 0. The molecule has 0 spiro atoms. The summed E-state index contributed by atoms with van der Waals surface area (Å²) in [4.78, 5) is 10.3. The van der Waals surface area contributed by atoms with Gasteiger partial charge in [0, 0.05) is 18.1 Å². The highest BCUT2D eigenvalue weighted by molar-refractivity contribution is 5.36. The summed E-state index contributed by atoms with van der Waals surface area (Å²) in [6.07, 6.45) is 1.61. The van der Waals surface area contributed by atoms with E-state index in [1.165, 1.54) is 6.07 Å². The van der Waals surface area contributed by atoms with Gasteiger partial charge in [-0.3, -0.25) is 10.1 Å². The summed E-state index contributed by atoms with van der Waals surface area (Å²) in [6, 6.07) is 6.68. The Morgan fingerprint density at radius 2 is 2.29 bits per heavy atom. The molecule has 17 heavy (non-hydrogen) atoms. The van der Waals surface area contributed by atoms with Gasteiger partial charge < -0.3 is 9.84 Å². The van der Waals surface area contributed by atoms with Gasteiger partial charge in [-0.15, -0.1) is 0 Å². The molecule has 1 N–H and O–H groups in total. The molecular weight excluding hydrogens is 222 g/mol. The number of nitrogens with zero attached hydrogens (tertiary/aromatic N) is 1. The second-order valence-electron chi connectivity index (χ2n) is 4.26. The van der Waals surface area contributed by atoms with E-state index in [1.54, 1.807) is 12.1 Å². The molecule has 0 saturated carbocycles. The largest absolute Gasteiger partial charge is 0.394 e. The number of nitro groups is 1. The van der Waals surface area contributed by atoms with Crippen LogP contribution < -0.4 is 0 Å². The molecule has 1 heterocycles. The van der Waals surface area contributed by atoms with Gasteiger partial charge in [0.1, 0.15) is 0 Å². The first-order chi connectivity index (χ1) is 8.20. The average molecular weight is 237 g/mol. The highest BCUT2D eigenvalue weighted by Gasteiger charge is 2.23. The summed E-state index contributed by atoms with van der Waals surface area (Å²) in [5, 5.41) is 19.6. The molecule has 1 saturated heterocycles. The third-order valence-corrected chi connectivity index (χ3v) is 3.13. The van der Waals surface area contributed by atoms with Crippen molar-refractivity contribution in [1.29, 1.82) is 0 Å². The van der Waals surface area contributed by atoms with E-state index < -0.39 is 0 Å². The van der Waals surface area contributed by atoms with E-state index in [4.69, 9.17) is 9.84 Å². The first-order valence-corrected chi connectivity index (χ1v) is 5.67. The summed E-state index contributed by atoms with van der Waals surface area (Å²) in [5.74, 6) is 0.192. The second kappa shape index (κ2) is 5.25. The van der Waals surface area contributed by atoms with Crippen LogP contribution >= 0.6 is 0 Å². The molecule has 2 rings (SSSR count). The molecule has 5 nitrogen and oxygen atoms in total. The number of nitro benzene ring substituents is 1. The van der Waals surface area contributed by atoms with E-state index in [9.17, 15) is 10.1 Å². The molecule has 2 atom stereocenters. The maximum Gasteiger partial charge on any atom is 0.269 e. The van der Waals surface area contributed by atoms with Crippen LogP contribution in [0.25, 0.3) is 0 Å². The van der Waals surface area contributed by atoms with E-state index in [1.807, 2.05) is 6.07 Å². The normalized spacial score (nSPS) is 24.5. The summed E-state index contributed by atoms with van der Waals surface area (Å²) in [6.45, 7) is 0.564. The molecule has 1 aliphatic heterocycles. The molecule has 0 aromatic heterocycles. The molecule has 0 bridgehead atoms. The maximum absolute atomic E-state index is 10.7. The van der Waals surface area contributed by atoms with Crippen molar-refractivity contribution in [2.24, 2.45) is 0 Å². The van der Waals surface area contributed by atoms with E-state index in [2.05, 4.69) is 0 Å². The van der Waals surface area contributed by atoms with Crippen molar-refractivity contribution >= 4 is 5.69 Å². The Hall–Kier alpha value is -1.46. The van der Waals surface area contributed by atoms with Crippen LogP contribution in [0, 0.1) is 10.1 Å². The molecule has 1 aliphatic rings. The number of benzene rings is 1. The van der Waals surface area contributed by atoms with E-state index in [0.29, 0.717) is 6.61 Å². The Labute approximate surface area is 99.2 Å². The standard InChI is InChI=1S/C12H15NO4/c14-7-12-5-4-10(8-17-12)9-2-1-3-11(6-9)13(15)16/h1-3,6,10,12,14H,4-5,7-8H2. The third-order valence-electron chi connectivity index (χ3n) is 3.13. The molecule has 1 aromatic carbocycles. The zero-order valence-corrected chi connectivity index (χ0v) is 9.41. The predicted octanol–water partition coefficient (Wildman–Crippen LogP) is 1.85. The summed E-state index contributed by atoms with van der Waals surface area (Å²) < 4.78 is 5.47.